The van der Waals surface area contributed by atoms with E-state index in [0.29, 0.717) is 36.4 Å². The highest BCUT2D eigenvalue weighted by Crippen LogP contribution is 2.51. The predicted octanol–water partition coefficient (Wildman–Crippen LogP) is 4.02. The molecular formula is C23H20FN3O3. The fraction of sp³-hybridized carbons (Fsp3) is 0.217. The summed E-state index contributed by atoms with van der Waals surface area (Å²) in [5, 5.41) is 0. The fourth-order valence-corrected chi connectivity index (χ4v) is 4.00. The molecule has 6 nitrogen and oxygen atoms in total. The van der Waals surface area contributed by atoms with Gasteiger partial charge in [0.05, 0.1) is 19.4 Å². The first kappa shape index (κ1) is 18.6. The second-order valence-corrected chi connectivity index (χ2v) is 7.23. The quantitative estimate of drug-likeness (QED) is 0.712. The summed E-state index contributed by atoms with van der Waals surface area (Å²) >= 11 is 0. The highest BCUT2D eigenvalue weighted by Gasteiger charge is 2.45. The van der Waals surface area contributed by atoms with Gasteiger partial charge in [-0.15, -0.1) is 0 Å². The summed E-state index contributed by atoms with van der Waals surface area (Å²) in [6, 6.07) is 14.0. The molecule has 2 aromatic carbocycles. The number of rotatable bonds is 3. The van der Waals surface area contributed by atoms with Crippen LogP contribution >= 0.6 is 0 Å². The zero-order chi connectivity index (χ0) is 20.7. The number of aromatic nitrogens is 1. The van der Waals surface area contributed by atoms with E-state index in [1.54, 1.807) is 12.3 Å². The lowest BCUT2D eigenvalue weighted by Crippen LogP contribution is -2.42. The van der Waals surface area contributed by atoms with Gasteiger partial charge in [-0.05, 0) is 42.3 Å². The SMILES string of the molecule is CCOc1cc2c(cn1)Oc1ccc(-c3cccc(F)c3)cc1[C@@]21COCC(N)=N1. The summed E-state index contributed by atoms with van der Waals surface area (Å²) < 4.78 is 31.4. The Balaban J connectivity index is 1.73. The molecule has 1 aromatic heterocycles. The third kappa shape index (κ3) is 2.98. The van der Waals surface area contributed by atoms with E-state index < -0.39 is 5.54 Å². The molecule has 7 heteroatoms. The van der Waals surface area contributed by atoms with Crippen molar-refractivity contribution >= 4 is 5.84 Å². The Morgan fingerprint density at radius 2 is 1.93 bits per heavy atom. The van der Waals surface area contributed by atoms with E-state index in [-0.39, 0.29) is 12.4 Å². The molecule has 0 bridgehead atoms. The molecule has 2 aliphatic rings. The monoisotopic (exact) mass is 405 g/mol. The zero-order valence-corrected chi connectivity index (χ0v) is 16.4. The van der Waals surface area contributed by atoms with Gasteiger partial charge in [0.25, 0.3) is 0 Å². The Kier molecular flexibility index (Phi) is 4.40. The van der Waals surface area contributed by atoms with E-state index in [2.05, 4.69) is 4.98 Å². The van der Waals surface area contributed by atoms with Crippen LogP contribution in [0.5, 0.6) is 17.4 Å². The van der Waals surface area contributed by atoms with Crippen LogP contribution in [0.4, 0.5) is 4.39 Å². The molecule has 30 heavy (non-hydrogen) atoms. The maximum absolute atomic E-state index is 13.8. The van der Waals surface area contributed by atoms with Crippen LogP contribution in [0, 0.1) is 5.82 Å². The number of fused-ring (bicyclic) bond motifs is 4. The third-order valence-corrected chi connectivity index (χ3v) is 5.28. The van der Waals surface area contributed by atoms with Gasteiger partial charge in [0.15, 0.2) is 5.75 Å². The van der Waals surface area contributed by atoms with Crippen molar-refractivity contribution in [2.45, 2.75) is 12.5 Å². The van der Waals surface area contributed by atoms with E-state index in [1.807, 2.05) is 37.3 Å². The molecule has 0 saturated heterocycles. The van der Waals surface area contributed by atoms with Crippen molar-refractivity contribution < 1.29 is 18.6 Å². The smallest absolute Gasteiger partial charge is 0.213 e. The molecule has 5 rings (SSSR count). The largest absolute Gasteiger partial charge is 0.478 e. The van der Waals surface area contributed by atoms with Crippen LogP contribution in [0.1, 0.15) is 18.1 Å². The Hall–Kier alpha value is -3.45. The van der Waals surface area contributed by atoms with Gasteiger partial charge in [-0.25, -0.2) is 9.37 Å². The number of nitrogens with two attached hydrogens (primary N) is 1. The van der Waals surface area contributed by atoms with Crippen molar-refractivity contribution in [3.63, 3.8) is 0 Å². The van der Waals surface area contributed by atoms with Crippen LogP contribution in [-0.4, -0.2) is 30.6 Å². The minimum atomic E-state index is -0.899. The van der Waals surface area contributed by atoms with Gasteiger partial charge in [0.2, 0.25) is 5.88 Å². The molecule has 0 radical (unpaired) electrons. The van der Waals surface area contributed by atoms with Crippen molar-refractivity contribution in [1.82, 2.24) is 4.98 Å². The Morgan fingerprint density at radius 3 is 2.73 bits per heavy atom. The van der Waals surface area contributed by atoms with Gasteiger partial charge in [0, 0.05) is 17.2 Å². The Morgan fingerprint density at radius 1 is 1.10 bits per heavy atom. The number of hydrogen-bond acceptors (Lipinski definition) is 6. The lowest BCUT2D eigenvalue weighted by molar-refractivity contribution is 0.109. The van der Waals surface area contributed by atoms with Gasteiger partial charge in [-0.1, -0.05) is 18.2 Å². The molecular weight excluding hydrogens is 385 g/mol. The highest BCUT2D eigenvalue weighted by atomic mass is 19.1. The van der Waals surface area contributed by atoms with Crippen LogP contribution in [0.15, 0.2) is 59.7 Å². The minimum Gasteiger partial charge on any atom is -0.478 e. The van der Waals surface area contributed by atoms with E-state index in [0.717, 1.165) is 22.3 Å². The van der Waals surface area contributed by atoms with E-state index in [9.17, 15) is 4.39 Å². The number of hydrogen-bond donors (Lipinski definition) is 1. The molecule has 0 saturated carbocycles. The maximum atomic E-state index is 13.8. The molecule has 3 heterocycles. The number of nitrogens with zero attached hydrogens (tertiary/aromatic N) is 2. The first-order chi connectivity index (χ1) is 14.6. The first-order valence-electron chi connectivity index (χ1n) is 9.72. The van der Waals surface area contributed by atoms with Crippen LogP contribution in [0.2, 0.25) is 0 Å². The predicted molar refractivity (Wildman–Crippen MR) is 111 cm³/mol. The van der Waals surface area contributed by atoms with Crippen molar-refractivity contribution in [3.8, 4) is 28.5 Å². The molecule has 0 aliphatic carbocycles. The number of halogens is 1. The van der Waals surface area contributed by atoms with E-state index >= 15 is 0 Å². The lowest BCUT2D eigenvalue weighted by atomic mass is 9.80. The molecule has 2 aliphatic heterocycles. The highest BCUT2D eigenvalue weighted by molar-refractivity contribution is 5.84. The molecule has 1 atom stereocenters. The average molecular weight is 405 g/mol. The average Bonchev–Trinajstić information content (AvgIpc) is 2.75. The second kappa shape index (κ2) is 7.11. The number of amidine groups is 1. The van der Waals surface area contributed by atoms with Gasteiger partial charge >= 0.3 is 0 Å². The Bertz CT molecular complexity index is 1160. The second-order valence-electron chi connectivity index (χ2n) is 7.23. The lowest BCUT2D eigenvalue weighted by Gasteiger charge is -2.39. The van der Waals surface area contributed by atoms with Crippen LogP contribution in [0.25, 0.3) is 11.1 Å². The minimum absolute atomic E-state index is 0.264. The fourth-order valence-electron chi connectivity index (χ4n) is 4.00. The first-order valence-corrected chi connectivity index (χ1v) is 9.72. The van der Waals surface area contributed by atoms with Gasteiger partial charge in [-0.2, -0.15) is 0 Å². The molecule has 0 fully saturated rings. The number of ether oxygens (including phenoxy) is 3. The normalized spacial score (nSPS) is 19.5. The third-order valence-electron chi connectivity index (χ3n) is 5.28. The standard InChI is InChI=1S/C23H20FN3O3/c1-2-29-22-10-18-20(11-26-22)30-19-7-6-15(14-4-3-5-16(24)8-14)9-17(19)23(18)13-28-12-21(25)27-23/h3-11H,2,12-13H2,1H3,(H2,25,27)/t23-/m0/s1. The summed E-state index contributed by atoms with van der Waals surface area (Å²) in [6.07, 6.45) is 1.63. The van der Waals surface area contributed by atoms with Gasteiger partial charge in [-0.3, -0.25) is 4.99 Å². The molecule has 3 aromatic rings. The van der Waals surface area contributed by atoms with E-state index in [4.69, 9.17) is 24.9 Å². The topological polar surface area (TPSA) is 79.0 Å². The number of pyridine rings is 1. The summed E-state index contributed by atoms with van der Waals surface area (Å²) in [4.78, 5) is 9.16. The molecule has 2 N–H and O–H groups in total. The van der Waals surface area contributed by atoms with E-state index in [1.165, 1.54) is 12.1 Å². The van der Waals surface area contributed by atoms with Gasteiger partial charge in [0.1, 0.15) is 29.5 Å². The molecule has 1 spiro atoms. The summed E-state index contributed by atoms with van der Waals surface area (Å²) in [5.74, 6) is 1.79. The summed E-state index contributed by atoms with van der Waals surface area (Å²) in [7, 11) is 0. The summed E-state index contributed by atoms with van der Waals surface area (Å²) in [6.45, 7) is 2.94. The van der Waals surface area contributed by atoms with Gasteiger partial charge < -0.3 is 19.9 Å². The van der Waals surface area contributed by atoms with Crippen molar-refractivity contribution in [2.75, 3.05) is 19.8 Å². The molecule has 0 unspecified atom stereocenters. The zero-order valence-electron chi connectivity index (χ0n) is 16.4. The van der Waals surface area contributed by atoms with Crippen molar-refractivity contribution in [2.24, 2.45) is 10.7 Å². The summed E-state index contributed by atoms with van der Waals surface area (Å²) in [5.41, 5.74) is 8.39. The van der Waals surface area contributed by atoms with Crippen molar-refractivity contribution in [1.29, 1.82) is 0 Å². The molecule has 152 valence electrons. The van der Waals surface area contributed by atoms with Crippen LogP contribution in [0.3, 0.4) is 0 Å². The Labute approximate surface area is 173 Å². The maximum Gasteiger partial charge on any atom is 0.213 e. The van der Waals surface area contributed by atoms with Crippen LogP contribution in [-0.2, 0) is 10.3 Å². The molecule has 0 amide bonds. The number of benzene rings is 2. The van der Waals surface area contributed by atoms with Crippen molar-refractivity contribution in [3.05, 3.63) is 71.7 Å². The van der Waals surface area contributed by atoms with Crippen LogP contribution < -0.4 is 15.2 Å². The number of aliphatic imine (C=N–C) groups is 1.